The molecule has 0 aliphatic rings. The number of tetrazole rings is 1. The lowest BCUT2D eigenvalue weighted by molar-refractivity contribution is 0.490. The first-order chi connectivity index (χ1) is 8.00. The van der Waals surface area contributed by atoms with E-state index in [0.717, 1.165) is 4.68 Å². The van der Waals surface area contributed by atoms with Gasteiger partial charge in [0.2, 0.25) is 0 Å². The second kappa shape index (κ2) is 4.33. The molecule has 0 N–H and O–H groups in total. The van der Waals surface area contributed by atoms with Crippen molar-refractivity contribution < 1.29 is 13.2 Å². The number of rotatable bonds is 2. The van der Waals surface area contributed by atoms with Crippen LogP contribution in [-0.2, 0) is 0 Å². The van der Waals surface area contributed by atoms with E-state index < -0.39 is 22.8 Å². The summed E-state index contributed by atoms with van der Waals surface area (Å²) in [5, 5.41) is 9.76. The lowest BCUT2D eigenvalue weighted by Gasteiger charge is -2.07. The van der Waals surface area contributed by atoms with Gasteiger partial charge in [0.1, 0.15) is 5.69 Å². The summed E-state index contributed by atoms with van der Waals surface area (Å²) in [6.45, 7) is 1.57. The molecule has 8 heteroatoms. The summed E-state index contributed by atoms with van der Waals surface area (Å²) in [6, 6.07) is 1.10. The summed E-state index contributed by atoms with van der Waals surface area (Å²) in [7, 11) is 0. The molecule has 17 heavy (non-hydrogen) atoms. The highest BCUT2D eigenvalue weighted by Crippen LogP contribution is 2.22. The Morgan fingerprint density at radius 2 is 1.82 bits per heavy atom. The Bertz CT molecular complexity index is 555. The molecule has 1 atom stereocenters. The zero-order valence-electron chi connectivity index (χ0n) is 8.53. The van der Waals surface area contributed by atoms with Crippen LogP contribution in [0.2, 0.25) is 0 Å². The SMILES string of the molecule is CC(Cl)c1nnnn1-c1cc(F)c(F)cc1F. The van der Waals surface area contributed by atoms with Crippen LogP contribution >= 0.6 is 11.6 Å². The van der Waals surface area contributed by atoms with Crippen molar-refractivity contribution in [2.75, 3.05) is 0 Å². The number of hydrogen-bond acceptors (Lipinski definition) is 3. The molecule has 0 aliphatic carbocycles. The van der Waals surface area contributed by atoms with Crippen LogP contribution in [0.3, 0.4) is 0 Å². The lowest BCUT2D eigenvalue weighted by Crippen LogP contribution is -2.07. The quantitative estimate of drug-likeness (QED) is 0.616. The van der Waals surface area contributed by atoms with Crippen LogP contribution in [0.4, 0.5) is 13.2 Å². The lowest BCUT2D eigenvalue weighted by atomic mass is 10.2. The predicted octanol–water partition coefficient (Wildman–Crippen LogP) is 2.38. The molecule has 2 aromatic rings. The minimum atomic E-state index is -1.28. The molecule has 0 amide bonds. The molecule has 1 aromatic heterocycles. The van der Waals surface area contributed by atoms with Gasteiger partial charge in [0.15, 0.2) is 23.3 Å². The van der Waals surface area contributed by atoms with Gasteiger partial charge in [0.05, 0.1) is 5.38 Å². The van der Waals surface area contributed by atoms with Gasteiger partial charge in [-0.15, -0.1) is 16.7 Å². The second-order valence-electron chi connectivity index (χ2n) is 3.28. The van der Waals surface area contributed by atoms with E-state index in [1.807, 2.05) is 0 Å². The van der Waals surface area contributed by atoms with E-state index in [1.54, 1.807) is 6.92 Å². The zero-order valence-corrected chi connectivity index (χ0v) is 9.29. The largest absolute Gasteiger partial charge is 0.204 e. The van der Waals surface area contributed by atoms with Crippen LogP contribution in [0, 0.1) is 17.5 Å². The molecule has 0 bridgehead atoms. The average molecular weight is 263 g/mol. The van der Waals surface area contributed by atoms with Crippen LogP contribution in [0.25, 0.3) is 5.69 Å². The third-order valence-electron chi connectivity index (χ3n) is 2.07. The van der Waals surface area contributed by atoms with Gasteiger partial charge >= 0.3 is 0 Å². The maximum atomic E-state index is 13.5. The van der Waals surface area contributed by atoms with Crippen molar-refractivity contribution in [2.24, 2.45) is 0 Å². The fourth-order valence-electron chi connectivity index (χ4n) is 1.29. The molecule has 1 unspecified atom stereocenters. The van der Waals surface area contributed by atoms with Crippen LogP contribution in [0.1, 0.15) is 18.1 Å². The Balaban J connectivity index is 2.60. The van der Waals surface area contributed by atoms with Gasteiger partial charge in [-0.05, 0) is 17.4 Å². The van der Waals surface area contributed by atoms with E-state index in [1.165, 1.54) is 0 Å². The smallest absolute Gasteiger partial charge is 0.174 e. The van der Waals surface area contributed by atoms with Crippen LogP contribution < -0.4 is 0 Å². The van der Waals surface area contributed by atoms with E-state index >= 15 is 0 Å². The van der Waals surface area contributed by atoms with Gasteiger partial charge in [-0.1, -0.05) is 0 Å². The molecule has 0 aliphatic heterocycles. The molecule has 0 saturated heterocycles. The molecule has 90 valence electrons. The number of benzene rings is 1. The Morgan fingerprint density at radius 1 is 1.18 bits per heavy atom. The summed E-state index contributed by atoms with van der Waals surface area (Å²) < 4.78 is 40.2. The van der Waals surface area contributed by atoms with Crippen molar-refractivity contribution in [3.05, 3.63) is 35.4 Å². The Labute approximate surface area is 99.0 Å². The van der Waals surface area contributed by atoms with Gasteiger partial charge < -0.3 is 0 Å². The predicted molar refractivity (Wildman–Crippen MR) is 53.3 cm³/mol. The number of nitrogens with zero attached hydrogens (tertiary/aromatic N) is 4. The second-order valence-corrected chi connectivity index (χ2v) is 3.94. The van der Waals surface area contributed by atoms with E-state index in [-0.39, 0.29) is 11.5 Å². The summed E-state index contributed by atoms with van der Waals surface area (Å²) in [6.07, 6.45) is 0. The number of alkyl halides is 1. The molecular weight excluding hydrogens is 257 g/mol. The Kier molecular flexibility index (Phi) is 3.01. The third kappa shape index (κ3) is 2.10. The molecule has 1 heterocycles. The molecule has 0 radical (unpaired) electrons. The Hall–Kier alpha value is -1.63. The highest BCUT2D eigenvalue weighted by Gasteiger charge is 2.18. The Morgan fingerprint density at radius 3 is 2.47 bits per heavy atom. The highest BCUT2D eigenvalue weighted by atomic mass is 35.5. The van der Waals surface area contributed by atoms with Crippen molar-refractivity contribution >= 4 is 11.6 Å². The molecule has 0 fully saturated rings. The van der Waals surface area contributed by atoms with Crippen molar-refractivity contribution in [2.45, 2.75) is 12.3 Å². The molecule has 0 saturated carbocycles. The number of aromatic nitrogens is 4. The standard InChI is InChI=1S/C9H6ClF3N4/c1-4(10)9-14-15-16-17(9)8-3-6(12)5(11)2-7(8)13/h2-4H,1H3. The third-order valence-corrected chi connectivity index (χ3v) is 2.26. The molecular formula is C9H6ClF3N4. The average Bonchev–Trinajstić information content (AvgIpc) is 2.72. The van der Waals surface area contributed by atoms with Crippen LogP contribution in [-0.4, -0.2) is 20.2 Å². The first-order valence-corrected chi connectivity index (χ1v) is 5.01. The van der Waals surface area contributed by atoms with Gasteiger partial charge in [-0.2, -0.15) is 4.68 Å². The zero-order chi connectivity index (χ0) is 12.6. The number of halogens is 4. The molecule has 2 rings (SSSR count). The van der Waals surface area contributed by atoms with Crippen molar-refractivity contribution in [1.29, 1.82) is 0 Å². The first kappa shape index (κ1) is 11.8. The van der Waals surface area contributed by atoms with Crippen molar-refractivity contribution in [3.8, 4) is 5.69 Å². The topological polar surface area (TPSA) is 43.6 Å². The van der Waals surface area contributed by atoms with E-state index in [2.05, 4.69) is 15.5 Å². The van der Waals surface area contributed by atoms with E-state index in [0.29, 0.717) is 12.1 Å². The van der Waals surface area contributed by atoms with Crippen molar-refractivity contribution in [1.82, 2.24) is 20.2 Å². The minimum absolute atomic E-state index is 0.136. The van der Waals surface area contributed by atoms with Crippen molar-refractivity contribution in [3.63, 3.8) is 0 Å². The monoisotopic (exact) mass is 262 g/mol. The van der Waals surface area contributed by atoms with E-state index in [4.69, 9.17) is 11.6 Å². The van der Waals surface area contributed by atoms with Gasteiger partial charge in [-0.3, -0.25) is 0 Å². The van der Waals surface area contributed by atoms with Gasteiger partial charge in [0.25, 0.3) is 0 Å². The summed E-state index contributed by atoms with van der Waals surface area (Å²) in [5.41, 5.74) is -0.295. The van der Waals surface area contributed by atoms with Gasteiger partial charge in [-0.25, -0.2) is 13.2 Å². The molecule has 4 nitrogen and oxygen atoms in total. The molecule has 1 aromatic carbocycles. The summed E-state index contributed by atoms with van der Waals surface area (Å²) in [4.78, 5) is 0. The highest BCUT2D eigenvalue weighted by molar-refractivity contribution is 6.20. The van der Waals surface area contributed by atoms with Gasteiger partial charge in [0, 0.05) is 12.1 Å². The maximum Gasteiger partial charge on any atom is 0.174 e. The maximum absolute atomic E-state index is 13.5. The first-order valence-electron chi connectivity index (χ1n) is 4.58. The van der Waals surface area contributed by atoms with Crippen LogP contribution in [0.5, 0.6) is 0 Å². The fourth-order valence-corrected chi connectivity index (χ4v) is 1.42. The summed E-state index contributed by atoms with van der Waals surface area (Å²) >= 11 is 5.77. The normalized spacial score (nSPS) is 12.8. The minimum Gasteiger partial charge on any atom is -0.204 e. The summed E-state index contributed by atoms with van der Waals surface area (Å²) in [5.74, 6) is -3.31. The van der Waals surface area contributed by atoms with Crippen LogP contribution in [0.15, 0.2) is 12.1 Å². The van der Waals surface area contributed by atoms with E-state index in [9.17, 15) is 13.2 Å². The fraction of sp³-hybridized carbons (Fsp3) is 0.222. The molecule has 0 spiro atoms. The number of hydrogen-bond donors (Lipinski definition) is 0.